The molecule has 2 heterocycles. The summed E-state index contributed by atoms with van der Waals surface area (Å²) >= 11 is 1.76. The predicted octanol–water partition coefficient (Wildman–Crippen LogP) is 2.80. The van der Waals surface area contributed by atoms with Crippen LogP contribution in [-0.4, -0.2) is 12.0 Å². The number of thiophene rings is 1. The third-order valence-corrected chi connectivity index (χ3v) is 3.52. The van der Waals surface area contributed by atoms with Crippen molar-refractivity contribution < 1.29 is 0 Å². The summed E-state index contributed by atoms with van der Waals surface area (Å²) in [5.74, 6) is 0.966. The number of aromatic nitrogens is 1. The van der Waals surface area contributed by atoms with E-state index < -0.39 is 0 Å². The topological polar surface area (TPSA) is 42.1 Å². The molecule has 4 heteroatoms. The molecule has 0 spiro atoms. The van der Waals surface area contributed by atoms with Crippen LogP contribution in [0.25, 0.3) is 0 Å². The molecule has 0 amide bonds. The van der Waals surface area contributed by atoms with Crippen molar-refractivity contribution in [3.05, 3.63) is 46.3 Å². The number of rotatable bonds is 4. The lowest BCUT2D eigenvalue weighted by Gasteiger charge is -2.18. The zero-order valence-corrected chi connectivity index (χ0v) is 10.9. The first-order chi connectivity index (χ1) is 8.16. The van der Waals surface area contributed by atoms with Crippen LogP contribution >= 0.6 is 11.3 Å². The molecule has 2 aromatic rings. The number of pyridine rings is 1. The Labute approximate surface area is 106 Å². The predicted molar refractivity (Wildman–Crippen MR) is 73.3 cm³/mol. The highest BCUT2D eigenvalue weighted by Crippen LogP contribution is 2.19. The Hall–Kier alpha value is -1.39. The fourth-order valence-electron chi connectivity index (χ4n) is 1.64. The van der Waals surface area contributed by atoms with Crippen LogP contribution in [0.5, 0.6) is 0 Å². The zero-order valence-electron chi connectivity index (χ0n) is 10.1. The molecule has 2 rings (SSSR count). The van der Waals surface area contributed by atoms with Crippen molar-refractivity contribution in [1.82, 2.24) is 4.98 Å². The van der Waals surface area contributed by atoms with Crippen LogP contribution < -0.4 is 10.6 Å². The van der Waals surface area contributed by atoms with E-state index in [1.807, 2.05) is 26.2 Å². The van der Waals surface area contributed by atoms with Crippen molar-refractivity contribution in [1.29, 1.82) is 0 Å². The first-order valence-electron chi connectivity index (χ1n) is 5.62. The maximum Gasteiger partial charge on any atom is 0.128 e. The molecule has 2 aromatic heterocycles. The van der Waals surface area contributed by atoms with Gasteiger partial charge < -0.3 is 10.6 Å². The molecule has 0 aliphatic carbocycles. The van der Waals surface area contributed by atoms with E-state index >= 15 is 0 Å². The lowest BCUT2D eigenvalue weighted by Crippen LogP contribution is -2.17. The lowest BCUT2D eigenvalue weighted by molar-refractivity contribution is 0.810. The van der Waals surface area contributed by atoms with Gasteiger partial charge in [0.1, 0.15) is 5.82 Å². The fraction of sp³-hybridized carbons (Fsp3) is 0.308. The van der Waals surface area contributed by atoms with Gasteiger partial charge in [0.15, 0.2) is 0 Å². The van der Waals surface area contributed by atoms with E-state index in [-0.39, 0.29) is 6.04 Å². The monoisotopic (exact) mass is 247 g/mol. The summed E-state index contributed by atoms with van der Waals surface area (Å²) in [5.41, 5.74) is 6.99. The average molecular weight is 247 g/mol. The van der Waals surface area contributed by atoms with Gasteiger partial charge in [-0.15, -0.1) is 11.3 Å². The summed E-state index contributed by atoms with van der Waals surface area (Å²) in [4.78, 5) is 7.85. The van der Waals surface area contributed by atoms with Crippen molar-refractivity contribution in [2.45, 2.75) is 19.5 Å². The standard InChI is InChI=1S/C13H17N3S/c1-10(14)11-5-6-15-13(8-11)16(2)9-12-4-3-7-17-12/h3-8,10H,9,14H2,1-2H3. The van der Waals surface area contributed by atoms with E-state index in [1.54, 1.807) is 11.3 Å². The van der Waals surface area contributed by atoms with Gasteiger partial charge in [0, 0.05) is 24.2 Å². The van der Waals surface area contributed by atoms with Gasteiger partial charge in [-0.1, -0.05) is 6.07 Å². The summed E-state index contributed by atoms with van der Waals surface area (Å²) in [7, 11) is 2.05. The van der Waals surface area contributed by atoms with E-state index in [0.717, 1.165) is 17.9 Å². The molecule has 0 bridgehead atoms. The first kappa shape index (κ1) is 12.1. The van der Waals surface area contributed by atoms with Gasteiger partial charge in [0.2, 0.25) is 0 Å². The number of nitrogens with zero attached hydrogens (tertiary/aromatic N) is 2. The molecule has 90 valence electrons. The third kappa shape index (κ3) is 3.05. The lowest BCUT2D eigenvalue weighted by atomic mass is 10.1. The molecule has 0 radical (unpaired) electrons. The Kier molecular flexibility index (Phi) is 3.76. The molecule has 0 saturated heterocycles. The minimum Gasteiger partial charge on any atom is -0.355 e. The Morgan fingerprint density at radius 1 is 1.47 bits per heavy atom. The normalized spacial score (nSPS) is 12.4. The highest BCUT2D eigenvalue weighted by molar-refractivity contribution is 7.09. The molecular weight excluding hydrogens is 230 g/mol. The first-order valence-corrected chi connectivity index (χ1v) is 6.50. The Balaban J connectivity index is 2.13. The average Bonchev–Trinajstić information content (AvgIpc) is 2.82. The Morgan fingerprint density at radius 3 is 2.94 bits per heavy atom. The van der Waals surface area contributed by atoms with Crippen molar-refractivity contribution in [3.8, 4) is 0 Å². The number of anilines is 1. The summed E-state index contributed by atoms with van der Waals surface area (Å²) < 4.78 is 0. The van der Waals surface area contributed by atoms with Crippen molar-refractivity contribution in [2.75, 3.05) is 11.9 Å². The highest BCUT2D eigenvalue weighted by atomic mass is 32.1. The van der Waals surface area contributed by atoms with Crippen LogP contribution in [-0.2, 0) is 6.54 Å². The van der Waals surface area contributed by atoms with Crippen LogP contribution in [0.15, 0.2) is 35.8 Å². The molecule has 0 aliphatic heterocycles. The smallest absolute Gasteiger partial charge is 0.128 e. The molecule has 0 fully saturated rings. The van der Waals surface area contributed by atoms with Gasteiger partial charge >= 0.3 is 0 Å². The third-order valence-electron chi connectivity index (χ3n) is 2.66. The van der Waals surface area contributed by atoms with Crippen LogP contribution in [0.4, 0.5) is 5.82 Å². The van der Waals surface area contributed by atoms with E-state index in [0.29, 0.717) is 0 Å². The SMILES string of the molecule is CC(N)c1ccnc(N(C)Cc2cccs2)c1. The molecule has 1 unspecified atom stereocenters. The van der Waals surface area contributed by atoms with Crippen LogP contribution in [0, 0.1) is 0 Å². The molecular formula is C13H17N3S. The van der Waals surface area contributed by atoms with E-state index in [9.17, 15) is 0 Å². The van der Waals surface area contributed by atoms with Crippen LogP contribution in [0.2, 0.25) is 0 Å². The maximum absolute atomic E-state index is 5.87. The van der Waals surface area contributed by atoms with Crippen LogP contribution in [0.3, 0.4) is 0 Å². The highest BCUT2D eigenvalue weighted by Gasteiger charge is 2.06. The molecule has 17 heavy (non-hydrogen) atoms. The molecule has 2 N–H and O–H groups in total. The summed E-state index contributed by atoms with van der Waals surface area (Å²) in [5, 5.41) is 2.09. The van der Waals surface area contributed by atoms with E-state index in [4.69, 9.17) is 5.73 Å². The Morgan fingerprint density at radius 2 is 2.29 bits per heavy atom. The van der Waals surface area contributed by atoms with Gasteiger partial charge in [-0.05, 0) is 36.1 Å². The summed E-state index contributed by atoms with van der Waals surface area (Å²) in [6, 6.07) is 8.27. The largest absolute Gasteiger partial charge is 0.355 e. The second-order valence-electron chi connectivity index (χ2n) is 4.17. The van der Waals surface area contributed by atoms with E-state index in [2.05, 4.69) is 33.5 Å². The van der Waals surface area contributed by atoms with Crippen molar-refractivity contribution >= 4 is 17.2 Å². The second-order valence-corrected chi connectivity index (χ2v) is 5.20. The fourth-order valence-corrected chi connectivity index (χ4v) is 2.40. The molecule has 0 aliphatic rings. The zero-order chi connectivity index (χ0) is 12.3. The molecule has 1 atom stereocenters. The summed E-state index contributed by atoms with van der Waals surface area (Å²) in [6.45, 7) is 2.87. The van der Waals surface area contributed by atoms with Gasteiger partial charge in [0.25, 0.3) is 0 Å². The molecule has 0 aromatic carbocycles. The van der Waals surface area contributed by atoms with Crippen LogP contribution in [0.1, 0.15) is 23.4 Å². The van der Waals surface area contributed by atoms with Gasteiger partial charge in [-0.2, -0.15) is 0 Å². The molecule has 0 saturated carbocycles. The number of hydrogen-bond donors (Lipinski definition) is 1. The minimum atomic E-state index is 0.0480. The number of nitrogens with two attached hydrogens (primary N) is 1. The van der Waals surface area contributed by atoms with Crippen molar-refractivity contribution in [2.24, 2.45) is 5.73 Å². The van der Waals surface area contributed by atoms with E-state index in [1.165, 1.54) is 4.88 Å². The van der Waals surface area contributed by atoms with Gasteiger partial charge in [0.05, 0.1) is 6.54 Å². The quantitative estimate of drug-likeness (QED) is 0.903. The minimum absolute atomic E-state index is 0.0480. The summed E-state index contributed by atoms with van der Waals surface area (Å²) in [6.07, 6.45) is 1.82. The number of hydrogen-bond acceptors (Lipinski definition) is 4. The van der Waals surface area contributed by atoms with Gasteiger partial charge in [-0.3, -0.25) is 0 Å². The van der Waals surface area contributed by atoms with Crippen molar-refractivity contribution in [3.63, 3.8) is 0 Å². The molecule has 3 nitrogen and oxygen atoms in total. The second kappa shape index (κ2) is 5.29. The van der Waals surface area contributed by atoms with Gasteiger partial charge in [-0.25, -0.2) is 4.98 Å². The Bertz CT molecular complexity index is 465. The maximum atomic E-state index is 5.87.